The van der Waals surface area contributed by atoms with E-state index in [0.29, 0.717) is 0 Å². The van der Waals surface area contributed by atoms with E-state index in [4.69, 9.17) is 0 Å². The number of hydrogen-bond donors (Lipinski definition) is 0. The summed E-state index contributed by atoms with van der Waals surface area (Å²) in [5.41, 5.74) is 14.1. The molecule has 0 N–H and O–H groups in total. The van der Waals surface area contributed by atoms with Gasteiger partial charge in [0.25, 0.3) is 0 Å². The lowest BCUT2D eigenvalue weighted by atomic mass is 10.0. The Morgan fingerprint density at radius 3 is 1.46 bits per heavy atom. The Balaban J connectivity index is 1.11. The van der Waals surface area contributed by atoms with Crippen molar-refractivity contribution in [2.24, 2.45) is 0 Å². The maximum absolute atomic E-state index is 2.42. The Hall–Kier alpha value is -7.16. The Labute approximate surface area is 315 Å². The van der Waals surface area contributed by atoms with Crippen LogP contribution in [0.5, 0.6) is 0 Å². The van der Waals surface area contributed by atoms with Crippen LogP contribution in [-0.4, -0.2) is 4.57 Å². The predicted octanol–water partition coefficient (Wildman–Crippen LogP) is 14.4. The van der Waals surface area contributed by atoms with Gasteiger partial charge in [0.05, 0.1) is 11.0 Å². The second-order valence-corrected chi connectivity index (χ2v) is 13.8. The van der Waals surface area contributed by atoms with Crippen molar-refractivity contribution in [3.63, 3.8) is 0 Å². The number of rotatable bonds is 7. The number of benzene rings is 9. The molecule has 2 nitrogen and oxygen atoms in total. The van der Waals surface area contributed by atoms with Crippen molar-refractivity contribution < 1.29 is 0 Å². The lowest BCUT2D eigenvalue weighted by Gasteiger charge is -2.26. The number of fused-ring (bicyclic) bond motifs is 5. The van der Waals surface area contributed by atoms with Gasteiger partial charge in [-0.2, -0.15) is 0 Å². The minimum absolute atomic E-state index is 1.10. The van der Waals surface area contributed by atoms with Crippen molar-refractivity contribution in [2.45, 2.75) is 0 Å². The zero-order valence-corrected chi connectivity index (χ0v) is 29.7. The molecule has 0 atom stereocenters. The lowest BCUT2D eigenvalue weighted by Crippen LogP contribution is -2.10. The average molecular weight is 689 g/mol. The summed E-state index contributed by atoms with van der Waals surface area (Å²) in [6.45, 7) is 0. The number of anilines is 3. The molecule has 0 radical (unpaired) electrons. The fraction of sp³-hybridized carbons (Fsp3) is 0. The standard InChI is InChI=1S/C52H36N2/c1-4-13-37(14-5-1)39-23-29-45(30-24-39)53(46-31-25-40(26-32-46)38-15-6-2-7-16-38)47-21-12-18-42(35-47)43-28-34-51-50(36-43)49-33-27-41-17-10-11-22-48(41)52(49)54(51)44-19-8-3-9-20-44/h1-36H. The lowest BCUT2D eigenvalue weighted by molar-refractivity contribution is 1.19. The van der Waals surface area contributed by atoms with Crippen molar-refractivity contribution in [1.82, 2.24) is 4.57 Å². The molecule has 0 aliphatic heterocycles. The molecule has 0 amide bonds. The summed E-state index contributed by atoms with van der Waals surface area (Å²) >= 11 is 0. The van der Waals surface area contributed by atoms with Gasteiger partial charge in [-0.05, 0) is 99.4 Å². The zero-order valence-electron chi connectivity index (χ0n) is 29.7. The van der Waals surface area contributed by atoms with Crippen LogP contribution in [0.15, 0.2) is 218 Å². The molecule has 1 aromatic heterocycles. The van der Waals surface area contributed by atoms with Crippen LogP contribution in [0.25, 0.3) is 71.6 Å². The van der Waals surface area contributed by atoms with Crippen molar-refractivity contribution in [3.8, 4) is 39.1 Å². The molecule has 0 fully saturated rings. The minimum Gasteiger partial charge on any atom is -0.310 e. The number of nitrogens with zero attached hydrogens (tertiary/aromatic N) is 2. The molecule has 0 aliphatic carbocycles. The third kappa shape index (κ3) is 5.62. The van der Waals surface area contributed by atoms with Gasteiger partial charge in [0, 0.05) is 38.9 Å². The molecular formula is C52H36N2. The van der Waals surface area contributed by atoms with E-state index in [1.807, 2.05) is 0 Å². The van der Waals surface area contributed by atoms with Gasteiger partial charge in [0.1, 0.15) is 0 Å². The first-order valence-electron chi connectivity index (χ1n) is 18.5. The number of aromatic nitrogens is 1. The topological polar surface area (TPSA) is 8.17 Å². The van der Waals surface area contributed by atoms with Crippen LogP contribution >= 0.6 is 0 Å². The van der Waals surface area contributed by atoms with E-state index in [1.54, 1.807) is 0 Å². The molecule has 10 rings (SSSR count). The SMILES string of the molecule is c1ccc(-c2ccc(N(c3ccc(-c4ccccc4)cc3)c3cccc(-c4ccc5c(c4)c4ccc6ccccc6c4n5-c4ccccc4)c3)cc2)cc1. The molecular weight excluding hydrogens is 653 g/mol. The Kier molecular flexibility index (Phi) is 7.85. The van der Waals surface area contributed by atoms with Gasteiger partial charge in [0.15, 0.2) is 0 Å². The fourth-order valence-corrected chi connectivity index (χ4v) is 7.94. The molecule has 0 unspecified atom stereocenters. The van der Waals surface area contributed by atoms with E-state index in [0.717, 1.165) is 22.7 Å². The zero-order chi connectivity index (χ0) is 35.8. The molecule has 10 aromatic rings. The van der Waals surface area contributed by atoms with E-state index in [2.05, 4.69) is 228 Å². The highest BCUT2D eigenvalue weighted by Gasteiger charge is 2.18. The van der Waals surface area contributed by atoms with Gasteiger partial charge in [-0.25, -0.2) is 0 Å². The molecule has 1 heterocycles. The molecule has 2 heteroatoms. The third-order valence-corrected chi connectivity index (χ3v) is 10.6. The molecule has 9 aromatic carbocycles. The van der Waals surface area contributed by atoms with Gasteiger partial charge in [-0.1, -0.05) is 158 Å². The molecule has 0 aliphatic rings. The second-order valence-electron chi connectivity index (χ2n) is 13.8. The molecule has 0 saturated heterocycles. The van der Waals surface area contributed by atoms with Crippen LogP contribution in [0, 0.1) is 0 Å². The summed E-state index contributed by atoms with van der Waals surface area (Å²) in [5, 5.41) is 4.99. The van der Waals surface area contributed by atoms with Gasteiger partial charge in [-0.3, -0.25) is 0 Å². The molecule has 0 bridgehead atoms. The summed E-state index contributed by atoms with van der Waals surface area (Å²) in [4.78, 5) is 2.36. The Bertz CT molecular complexity index is 2810. The quantitative estimate of drug-likeness (QED) is 0.162. The van der Waals surface area contributed by atoms with Gasteiger partial charge in [0.2, 0.25) is 0 Å². The molecule has 54 heavy (non-hydrogen) atoms. The normalized spacial score (nSPS) is 11.3. The van der Waals surface area contributed by atoms with Crippen LogP contribution < -0.4 is 4.90 Å². The van der Waals surface area contributed by atoms with Crippen LogP contribution in [-0.2, 0) is 0 Å². The monoisotopic (exact) mass is 688 g/mol. The van der Waals surface area contributed by atoms with Crippen molar-refractivity contribution >= 4 is 49.6 Å². The fourth-order valence-electron chi connectivity index (χ4n) is 7.94. The highest BCUT2D eigenvalue weighted by atomic mass is 15.1. The number of para-hydroxylation sites is 1. The van der Waals surface area contributed by atoms with Crippen molar-refractivity contribution in [2.75, 3.05) is 4.90 Å². The summed E-state index contributed by atoms with van der Waals surface area (Å²) in [7, 11) is 0. The molecule has 0 saturated carbocycles. The summed E-state index contributed by atoms with van der Waals surface area (Å²) < 4.78 is 2.42. The van der Waals surface area contributed by atoms with E-state index in [9.17, 15) is 0 Å². The van der Waals surface area contributed by atoms with Crippen LogP contribution in [0.1, 0.15) is 0 Å². The van der Waals surface area contributed by atoms with Gasteiger partial charge >= 0.3 is 0 Å². The Morgan fingerprint density at radius 2 is 0.815 bits per heavy atom. The highest BCUT2D eigenvalue weighted by molar-refractivity contribution is 6.19. The first-order valence-corrected chi connectivity index (χ1v) is 18.5. The number of hydrogen-bond acceptors (Lipinski definition) is 1. The van der Waals surface area contributed by atoms with E-state index in [-0.39, 0.29) is 0 Å². The molecule has 254 valence electrons. The van der Waals surface area contributed by atoms with Crippen molar-refractivity contribution in [3.05, 3.63) is 218 Å². The molecule has 0 spiro atoms. The largest absolute Gasteiger partial charge is 0.310 e. The summed E-state index contributed by atoms with van der Waals surface area (Å²) in [5.74, 6) is 0. The second kappa shape index (κ2) is 13.4. The van der Waals surface area contributed by atoms with E-state index < -0.39 is 0 Å². The van der Waals surface area contributed by atoms with Gasteiger partial charge in [-0.15, -0.1) is 0 Å². The smallest absolute Gasteiger partial charge is 0.0619 e. The first-order chi connectivity index (χ1) is 26.8. The van der Waals surface area contributed by atoms with Gasteiger partial charge < -0.3 is 9.47 Å². The summed E-state index contributed by atoms with van der Waals surface area (Å²) in [6.07, 6.45) is 0. The van der Waals surface area contributed by atoms with E-state index in [1.165, 1.54) is 66.0 Å². The van der Waals surface area contributed by atoms with Crippen molar-refractivity contribution in [1.29, 1.82) is 0 Å². The van der Waals surface area contributed by atoms with Crippen LogP contribution in [0.4, 0.5) is 17.1 Å². The van der Waals surface area contributed by atoms with Crippen LogP contribution in [0.2, 0.25) is 0 Å². The Morgan fingerprint density at radius 1 is 0.296 bits per heavy atom. The van der Waals surface area contributed by atoms with E-state index >= 15 is 0 Å². The maximum Gasteiger partial charge on any atom is 0.0619 e. The minimum atomic E-state index is 1.10. The maximum atomic E-state index is 2.42. The first kappa shape index (κ1) is 31.6. The third-order valence-electron chi connectivity index (χ3n) is 10.6. The van der Waals surface area contributed by atoms with Crippen LogP contribution in [0.3, 0.4) is 0 Å². The summed E-state index contributed by atoms with van der Waals surface area (Å²) in [6, 6.07) is 78.8. The predicted molar refractivity (Wildman–Crippen MR) is 229 cm³/mol. The average Bonchev–Trinajstić information content (AvgIpc) is 3.60. The highest BCUT2D eigenvalue weighted by Crippen LogP contribution is 2.41.